The van der Waals surface area contributed by atoms with Crippen molar-refractivity contribution < 1.29 is 4.79 Å². The molecular formula is C18H24N4OS. The van der Waals surface area contributed by atoms with Crippen LogP contribution < -0.4 is 0 Å². The highest BCUT2D eigenvalue weighted by Crippen LogP contribution is 2.26. The second kappa shape index (κ2) is 6.89. The Morgan fingerprint density at radius 1 is 1.42 bits per heavy atom. The predicted octanol–water partition coefficient (Wildman–Crippen LogP) is 3.04. The normalized spacial score (nSPS) is 18.0. The Morgan fingerprint density at radius 2 is 2.21 bits per heavy atom. The number of carbonyl (C=O) groups is 1. The van der Waals surface area contributed by atoms with Gasteiger partial charge in [0.1, 0.15) is 5.82 Å². The van der Waals surface area contributed by atoms with Crippen LogP contribution in [0.3, 0.4) is 0 Å². The fourth-order valence-electron chi connectivity index (χ4n) is 3.40. The lowest BCUT2D eigenvalue weighted by Gasteiger charge is -2.32. The molecule has 1 aliphatic heterocycles. The molecule has 0 spiro atoms. The van der Waals surface area contributed by atoms with Gasteiger partial charge in [-0.2, -0.15) is 5.10 Å². The molecule has 1 saturated heterocycles. The maximum atomic E-state index is 12.8. The van der Waals surface area contributed by atoms with Crippen molar-refractivity contribution in [2.45, 2.75) is 39.0 Å². The third kappa shape index (κ3) is 3.43. The van der Waals surface area contributed by atoms with Crippen molar-refractivity contribution in [3.8, 4) is 0 Å². The van der Waals surface area contributed by atoms with E-state index in [1.54, 1.807) is 0 Å². The monoisotopic (exact) mass is 344 g/mol. The zero-order valence-electron chi connectivity index (χ0n) is 14.5. The number of H-pyrrole nitrogens is 1. The molecule has 1 atom stereocenters. The first kappa shape index (κ1) is 16.9. The molecule has 128 valence electrons. The average molecular weight is 344 g/mol. The van der Waals surface area contributed by atoms with Gasteiger partial charge in [-0.1, -0.05) is 23.8 Å². The molecule has 1 aromatic carbocycles. The Labute approximate surface area is 147 Å². The van der Waals surface area contributed by atoms with Gasteiger partial charge in [-0.3, -0.25) is 9.89 Å². The van der Waals surface area contributed by atoms with Crippen LogP contribution in [0.2, 0.25) is 0 Å². The minimum Gasteiger partial charge on any atom is -0.342 e. The number of aromatic amines is 1. The molecule has 0 aliphatic carbocycles. The first-order chi connectivity index (χ1) is 11.5. The van der Waals surface area contributed by atoms with Gasteiger partial charge >= 0.3 is 0 Å². The highest BCUT2D eigenvalue weighted by atomic mass is 32.1. The van der Waals surface area contributed by atoms with E-state index in [4.69, 9.17) is 12.2 Å². The van der Waals surface area contributed by atoms with E-state index in [0.29, 0.717) is 11.2 Å². The lowest BCUT2D eigenvalue weighted by Crippen LogP contribution is -2.40. The van der Waals surface area contributed by atoms with Crippen molar-refractivity contribution in [3.05, 3.63) is 45.5 Å². The van der Waals surface area contributed by atoms with E-state index >= 15 is 0 Å². The minimum atomic E-state index is 0.199. The van der Waals surface area contributed by atoms with Crippen molar-refractivity contribution in [2.75, 3.05) is 13.1 Å². The summed E-state index contributed by atoms with van der Waals surface area (Å²) in [5.74, 6) is 1.40. The number of nitrogens with one attached hydrogen (secondary N) is 1. The fraction of sp³-hybridized carbons (Fsp3) is 0.500. The smallest absolute Gasteiger partial charge is 0.227 e. The van der Waals surface area contributed by atoms with Crippen LogP contribution in [0.5, 0.6) is 0 Å². The number of benzene rings is 1. The maximum Gasteiger partial charge on any atom is 0.227 e. The van der Waals surface area contributed by atoms with Gasteiger partial charge in [-0.25, -0.2) is 0 Å². The summed E-state index contributed by atoms with van der Waals surface area (Å²) in [5.41, 5.74) is 3.50. The number of aryl methyl sites for hydroxylation is 2. The molecule has 2 heterocycles. The van der Waals surface area contributed by atoms with E-state index in [2.05, 4.69) is 42.2 Å². The highest BCUT2D eigenvalue weighted by Gasteiger charge is 2.27. The Kier molecular flexibility index (Phi) is 4.85. The van der Waals surface area contributed by atoms with Gasteiger partial charge in [0.2, 0.25) is 5.91 Å². The van der Waals surface area contributed by atoms with Crippen molar-refractivity contribution in [3.63, 3.8) is 0 Å². The molecule has 1 aromatic heterocycles. The number of hydrogen-bond donors (Lipinski definition) is 1. The molecule has 0 radical (unpaired) electrons. The summed E-state index contributed by atoms with van der Waals surface area (Å²) < 4.78 is 2.54. The molecule has 1 amide bonds. The number of nitrogens with zero attached hydrogens (tertiary/aromatic N) is 3. The third-order valence-electron chi connectivity index (χ3n) is 4.90. The van der Waals surface area contributed by atoms with Gasteiger partial charge in [-0.05, 0) is 50.0 Å². The van der Waals surface area contributed by atoms with Crippen LogP contribution >= 0.6 is 12.2 Å². The summed E-state index contributed by atoms with van der Waals surface area (Å²) in [4.78, 5) is 14.7. The number of piperidine rings is 1. The fourth-order valence-corrected chi connectivity index (χ4v) is 3.54. The summed E-state index contributed by atoms with van der Waals surface area (Å²) in [6, 6.07) is 6.29. The molecule has 1 fully saturated rings. The molecule has 0 unspecified atom stereocenters. The van der Waals surface area contributed by atoms with Crippen molar-refractivity contribution in [2.24, 2.45) is 7.05 Å². The second-order valence-corrected chi connectivity index (χ2v) is 7.12. The van der Waals surface area contributed by atoms with Crippen LogP contribution in [-0.4, -0.2) is 38.7 Å². The summed E-state index contributed by atoms with van der Waals surface area (Å²) in [6.45, 7) is 5.68. The summed E-state index contributed by atoms with van der Waals surface area (Å²) >= 11 is 5.20. The summed E-state index contributed by atoms with van der Waals surface area (Å²) in [6.07, 6.45) is 2.52. The zero-order chi connectivity index (χ0) is 17.3. The van der Waals surface area contributed by atoms with Crippen LogP contribution in [0.4, 0.5) is 0 Å². The van der Waals surface area contributed by atoms with Gasteiger partial charge in [0.05, 0.1) is 6.42 Å². The zero-order valence-corrected chi connectivity index (χ0v) is 15.3. The van der Waals surface area contributed by atoms with E-state index in [1.165, 1.54) is 11.1 Å². The maximum absolute atomic E-state index is 12.8. The van der Waals surface area contributed by atoms with Gasteiger partial charge in [0.25, 0.3) is 0 Å². The van der Waals surface area contributed by atoms with Crippen molar-refractivity contribution >= 4 is 18.1 Å². The molecular weight excluding hydrogens is 320 g/mol. The molecule has 24 heavy (non-hydrogen) atoms. The van der Waals surface area contributed by atoms with Gasteiger partial charge in [0, 0.05) is 26.1 Å². The number of hydrogen-bond acceptors (Lipinski definition) is 3. The number of aromatic nitrogens is 3. The van der Waals surface area contributed by atoms with Gasteiger partial charge in [0.15, 0.2) is 4.77 Å². The average Bonchev–Trinajstić information content (AvgIpc) is 2.90. The second-order valence-electron chi connectivity index (χ2n) is 6.73. The van der Waals surface area contributed by atoms with Crippen LogP contribution in [0.1, 0.15) is 41.3 Å². The number of likely N-dealkylation sites (tertiary alicyclic amines) is 1. The van der Waals surface area contributed by atoms with Gasteiger partial charge in [-0.15, -0.1) is 0 Å². The van der Waals surface area contributed by atoms with Crippen LogP contribution in [0, 0.1) is 18.6 Å². The lowest BCUT2D eigenvalue weighted by molar-refractivity contribution is -0.131. The molecule has 0 saturated carbocycles. The Morgan fingerprint density at radius 3 is 2.92 bits per heavy atom. The Balaban J connectivity index is 1.72. The SMILES string of the molecule is Cc1ccc(C)c(CC(=O)N2CCC[C@H](c3n[nH]c(=S)n3C)C2)c1. The van der Waals surface area contributed by atoms with Crippen molar-refractivity contribution in [1.82, 2.24) is 19.7 Å². The van der Waals surface area contributed by atoms with Crippen LogP contribution in [0.25, 0.3) is 0 Å². The summed E-state index contributed by atoms with van der Waals surface area (Å²) in [5, 5.41) is 7.19. The predicted molar refractivity (Wildman–Crippen MR) is 96.6 cm³/mol. The van der Waals surface area contributed by atoms with E-state index in [0.717, 1.165) is 37.3 Å². The molecule has 0 bridgehead atoms. The third-order valence-corrected chi connectivity index (χ3v) is 5.27. The topological polar surface area (TPSA) is 53.9 Å². The molecule has 1 N–H and O–H groups in total. The van der Waals surface area contributed by atoms with Crippen LogP contribution in [-0.2, 0) is 18.3 Å². The summed E-state index contributed by atoms with van der Waals surface area (Å²) in [7, 11) is 1.93. The van der Waals surface area contributed by atoms with E-state index < -0.39 is 0 Å². The molecule has 5 nitrogen and oxygen atoms in total. The Hall–Kier alpha value is -1.95. The van der Waals surface area contributed by atoms with E-state index in [-0.39, 0.29) is 11.8 Å². The molecule has 3 rings (SSSR count). The van der Waals surface area contributed by atoms with Gasteiger partial charge < -0.3 is 9.47 Å². The first-order valence-electron chi connectivity index (χ1n) is 8.41. The number of carbonyl (C=O) groups excluding carboxylic acids is 1. The van der Waals surface area contributed by atoms with E-state index in [1.807, 2.05) is 16.5 Å². The number of rotatable bonds is 3. The van der Waals surface area contributed by atoms with E-state index in [9.17, 15) is 4.79 Å². The first-order valence-corrected chi connectivity index (χ1v) is 8.81. The lowest BCUT2D eigenvalue weighted by atomic mass is 9.96. The largest absolute Gasteiger partial charge is 0.342 e. The van der Waals surface area contributed by atoms with Crippen LogP contribution in [0.15, 0.2) is 18.2 Å². The Bertz CT molecular complexity index is 808. The minimum absolute atomic E-state index is 0.199. The number of amides is 1. The highest BCUT2D eigenvalue weighted by molar-refractivity contribution is 7.71. The van der Waals surface area contributed by atoms with Crippen molar-refractivity contribution in [1.29, 1.82) is 0 Å². The molecule has 2 aromatic rings. The molecule has 1 aliphatic rings. The molecule has 6 heteroatoms. The quantitative estimate of drug-likeness (QED) is 0.871. The standard InChI is InChI=1S/C18H24N4OS/c1-12-6-7-13(2)15(9-12)10-16(23)22-8-4-5-14(11-22)17-19-20-18(24)21(17)3/h6-7,9,14H,4-5,8,10-11H2,1-3H3,(H,20,24)/t14-/m0/s1.